The van der Waals surface area contributed by atoms with Crippen LogP contribution in [-0.2, 0) is 6.42 Å². The molecule has 1 N–H and O–H groups in total. The van der Waals surface area contributed by atoms with Crippen LogP contribution in [0.4, 0.5) is 0 Å². The molecule has 3 heteroatoms. The van der Waals surface area contributed by atoms with E-state index in [1.165, 1.54) is 12.0 Å². The van der Waals surface area contributed by atoms with Gasteiger partial charge in [-0.15, -0.1) is 0 Å². The predicted octanol–water partition coefficient (Wildman–Crippen LogP) is 2.56. The lowest BCUT2D eigenvalue weighted by Gasteiger charge is -2.31. The highest BCUT2D eigenvalue weighted by Crippen LogP contribution is 2.21. The number of likely N-dealkylation sites (N-methyl/N-ethyl adjacent to an activating group) is 1. The number of hydrogen-bond donors (Lipinski definition) is 1. The number of nitrogens with one attached hydrogen (secondary N) is 1. The Morgan fingerprint density at radius 1 is 1.21 bits per heavy atom. The van der Waals surface area contributed by atoms with Crippen LogP contribution in [0.1, 0.15) is 25.8 Å². The van der Waals surface area contributed by atoms with Gasteiger partial charge in [-0.05, 0) is 59.0 Å². The minimum atomic E-state index is 0.503. The molecule has 0 radical (unpaired) electrons. The number of ether oxygens (including phenoxy) is 1. The Morgan fingerprint density at radius 3 is 2.53 bits per heavy atom. The van der Waals surface area contributed by atoms with Crippen LogP contribution in [-0.4, -0.2) is 44.7 Å². The molecular weight excluding hydrogens is 236 g/mol. The van der Waals surface area contributed by atoms with Crippen molar-refractivity contribution in [2.24, 2.45) is 0 Å². The molecule has 0 bridgehead atoms. The fourth-order valence-corrected chi connectivity index (χ4v) is 2.33. The van der Waals surface area contributed by atoms with Crippen LogP contribution in [0.25, 0.3) is 0 Å². The summed E-state index contributed by atoms with van der Waals surface area (Å²) in [5, 5.41) is 3.21. The molecule has 0 spiro atoms. The van der Waals surface area contributed by atoms with E-state index in [9.17, 15) is 0 Å². The largest absolute Gasteiger partial charge is 0.496 e. The van der Waals surface area contributed by atoms with E-state index < -0.39 is 0 Å². The maximum absolute atomic E-state index is 5.42. The van der Waals surface area contributed by atoms with Gasteiger partial charge in [0.05, 0.1) is 7.11 Å². The van der Waals surface area contributed by atoms with Gasteiger partial charge in [0.15, 0.2) is 0 Å². The van der Waals surface area contributed by atoms with Crippen molar-refractivity contribution in [3.63, 3.8) is 0 Å². The van der Waals surface area contributed by atoms with E-state index in [2.05, 4.69) is 43.2 Å². The van der Waals surface area contributed by atoms with Gasteiger partial charge in [-0.2, -0.15) is 0 Å². The third-order valence-corrected chi connectivity index (χ3v) is 3.91. The van der Waals surface area contributed by atoms with Crippen molar-refractivity contribution < 1.29 is 4.74 Å². The van der Waals surface area contributed by atoms with E-state index in [1.807, 2.05) is 19.2 Å². The minimum Gasteiger partial charge on any atom is -0.496 e. The molecule has 0 saturated heterocycles. The smallest absolute Gasteiger partial charge is 0.122 e. The van der Waals surface area contributed by atoms with Gasteiger partial charge in [-0.25, -0.2) is 0 Å². The first kappa shape index (κ1) is 16.0. The van der Waals surface area contributed by atoms with Gasteiger partial charge < -0.3 is 15.0 Å². The van der Waals surface area contributed by atoms with Crippen LogP contribution in [0.2, 0.25) is 0 Å². The first-order valence-corrected chi connectivity index (χ1v) is 7.08. The number of methoxy groups -OCH3 is 1. The van der Waals surface area contributed by atoms with Crippen molar-refractivity contribution in [2.75, 3.05) is 27.7 Å². The molecule has 0 heterocycles. The number of nitrogens with zero attached hydrogens (tertiary/aromatic N) is 1. The molecule has 0 fully saturated rings. The molecule has 0 aliphatic rings. The normalized spacial score (nSPS) is 14.4. The van der Waals surface area contributed by atoms with Crippen molar-refractivity contribution in [3.8, 4) is 5.75 Å². The lowest BCUT2D eigenvalue weighted by molar-refractivity contribution is 0.185. The Hall–Kier alpha value is -1.06. The van der Waals surface area contributed by atoms with Gasteiger partial charge in [0.2, 0.25) is 0 Å². The number of hydrogen-bond acceptors (Lipinski definition) is 3. The van der Waals surface area contributed by atoms with Gasteiger partial charge >= 0.3 is 0 Å². The molecular formula is C16H28N2O. The summed E-state index contributed by atoms with van der Waals surface area (Å²) in [4.78, 5) is 2.45. The quantitative estimate of drug-likeness (QED) is 0.781. The van der Waals surface area contributed by atoms with Gasteiger partial charge in [-0.3, -0.25) is 0 Å². The van der Waals surface area contributed by atoms with Gasteiger partial charge in [-0.1, -0.05) is 18.2 Å². The van der Waals surface area contributed by atoms with E-state index in [1.54, 1.807) is 7.11 Å². The molecule has 3 nitrogen and oxygen atoms in total. The molecule has 19 heavy (non-hydrogen) atoms. The molecule has 0 aromatic heterocycles. The molecule has 2 unspecified atom stereocenters. The molecule has 0 aliphatic carbocycles. The first-order chi connectivity index (χ1) is 9.10. The fraction of sp³-hybridized carbons (Fsp3) is 0.625. The first-order valence-electron chi connectivity index (χ1n) is 7.08. The second-order valence-electron chi connectivity index (χ2n) is 5.27. The summed E-state index contributed by atoms with van der Waals surface area (Å²) in [5.74, 6) is 0.991. The minimum absolute atomic E-state index is 0.503. The summed E-state index contributed by atoms with van der Waals surface area (Å²) in [7, 11) is 5.95. The van der Waals surface area contributed by atoms with Crippen LogP contribution in [0.15, 0.2) is 24.3 Å². The molecule has 1 rings (SSSR count). The lowest BCUT2D eigenvalue weighted by atomic mass is 10.0. The monoisotopic (exact) mass is 264 g/mol. The Morgan fingerprint density at radius 2 is 1.89 bits per heavy atom. The fourth-order valence-electron chi connectivity index (χ4n) is 2.33. The zero-order valence-electron chi connectivity index (χ0n) is 12.9. The van der Waals surface area contributed by atoms with Crippen molar-refractivity contribution in [1.82, 2.24) is 10.2 Å². The topological polar surface area (TPSA) is 24.5 Å². The molecule has 2 atom stereocenters. The Labute approximate surface area is 118 Å². The highest BCUT2D eigenvalue weighted by atomic mass is 16.5. The highest BCUT2D eigenvalue weighted by molar-refractivity contribution is 5.33. The van der Waals surface area contributed by atoms with Crippen LogP contribution in [0.5, 0.6) is 5.75 Å². The molecule has 1 aromatic carbocycles. The molecule has 1 aromatic rings. The second-order valence-corrected chi connectivity index (χ2v) is 5.27. The zero-order chi connectivity index (χ0) is 14.3. The summed E-state index contributed by atoms with van der Waals surface area (Å²) in [6.07, 6.45) is 2.19. The third kappa shape index (κ3) is 4.84. The van der Waals surface area contributed by atoms with Gasteiger partial charge in [0.25, 0.3) is 0 Å². The second kappa shape index (κ2) is 8.18. The van der Waals surface area contributed by atoms with Crippen LogP contribution in [0.3, 0.4) is 0 Å². The third-order valence-electron chi connectivity index (χ3n) is 3.91. The van der Waals surface area contributed by atoms with E-state index >= 15 is 0 Å². The summed E-state index contributed by atoms with van der Waals surface area (Å²) < 4.78 is 5.42. The Balaban J connectivity index is 2.60. The van der Waals surface area contributed by atoms with Crippen LogP contribution < -0.4 is 10.1 Å². The summed E-state index contributed by atoms with van der Waals surface area (Å²) in [6.45, 7) is 5.63. The Bertz CT molecular complexity index is 368. The summed E-state index contributed by atoms with van der Waals surface area (Å²) in [6, 6.07) is 9.37. The number of rotatable bonds is 8. The van der Waals surface area contributed by atoms with E-state index in [-0.39, 0.29) is 0 Å². The van der Waals surface area contributed by atoms with Crippen LogP contribution >= 0.6 is 0 Å². The Kier molecular flexibility index (Phi) is 6.89. The van der Waals surface area contributed by atoms with E-state index in [0.717, 1.165) is 18.7 Å². The van der Waals surface area contributed by atoms with E-state index in [4.69, 9.17) is 4.74 Å². The number of para-hydroxylation sites is 1. The SMILES string of the molecule is CNCCC(C)N(C)C(C)Cc1ccccc1OC. The summed E-state index contributed by atoms with van der Waals surface area (Å²) >= 11 is 0. The van der Waals surface area contributed by atoms with Crippen LogP contribution in [0, 0.1) is 0 Å². The van der Waals surface area contributed by atoms with Gasteiger partial charge in [0.1, 0.15) is 5.75 Å². The van der Waals surface area contributed by atoms with E-state index in [0.29, 0.717) is 12.1 Å². The maximum Gasteiger partial charge on any atom is 0.122 e. The maximum atomic E-state index is 5.42. The van der Waals surface area contributed by atoms with Gasteiger partial charge in [0, 0.05) is 12.1 Å². The lowest BCUT2D eigenvalue weighted by Crippen LogP contribution is -2.39. The van der Waals surface area contributed by atoms with Crippen molar-refractivity contribution in [2.45, 2.75) is 38.8 Å². The summed E-state index contributed by atoms with van der Waals surface area (Å²) in [5.41, 5.74) is 1.28. The highest BCUT2D eigenvalue weighted by Gasteiger charge is 2.17. The number of benzene rings is 1. The van der Waals surface area contributed by atoms with Crippen molar-refractivity contribution in [1.29, 1.82) is 0 Å². The average molecular weight is 264 g/mol. The molecule has 0 aliphatic heterocycles. The average Bonchev–Trinajstić information content (AvgIpc) is 2.44. The van der Waals surface area contributed by atoms with Crippen molar-refractivity contribution in [3.05, 3.63) is 29.8 Å². The van der Waals surface area contributed by atoms with Crippen molar-refractivity contribution >= 4 is 0 Å². The molecule has 0 amide bonds. The zero-order valence-corrected chi connectivity index (χ0v) is 12.9. The standard InChI is InChI=1S/C16H28N2O/c1-13(10-11-17-3)18(4)14(2)12-15-8-6-7-9-16(15)19-5/h6-9,13-14,17H,10-12H2,1-5H3. The molecule has 0 saturated carbocycles. The molecule has 108 valence electrons. The predicted molar refractivity (Wildman–Crippen MR) is 81.9 cm³/mol.